The molecule has 0 unspecified atom stereocenters. The minimum absolute atomic E-state index is 0.230. The number of nitrogens with one attached hydrogen (secondary N) is 2. The number of hydrogen-bond donors (Lipinski definition) is 2. The molecule has 6 rings (SSSR count). The maximum absolute atomic E-state index is 12.4. The van der Waals surface area contributed by atoms with E-state index in [0.29, 0.717) is 5.69 Å². The second-order valence-electron chi connectivity index (χ2n) is 8.47. The Labute approximate surface area is 153 Å². The summed E-state index contributed by atoms with van der Waals surface area (Å²) in [6.07, 6.45) is 9.65. The van der Waals surface area contributed by atoms with Gasteiger partial charge in [0.05, 0.1) is 6.21 Å². The Morgan fingerprint density at radius 2 is 1.77 bits per heavy atom. The zero-order valence-electron chi connectivity index (χ0n) is 14.8. The van der Waals surface area contributed by atoms with Crippen molar-refractivity contribution in [3.8, 4) is 0 Å². The molecule has 5 nitrogen and oxygen atoms in total. The topological polar surface area (TPSA) is 70.1 Å². The molecular weight excluding hydrogens is 324 g/mol. The summed E-state index contributed by atoms with van der Waals surface area (Å²) in [4.78, 5) is 12.4. The van der Waals surface area contributed by atoms with Crippen molar-refractivity contribution in [3.05, 3.63) is 53.3 Å². The van der Waals surface area contributed by atoms with E-state index in [-0.39, 0.29) is 11.3 Å². The summed E-state index contributed by atoms with van der Waals surface area (Å²) < 4.78 is 0. The van der Waals surface area contributed by atoms with Crippen LogP contribution in [0.15, 0.2) is 41.5 Å². The first-order valence-electron chi connectivity index (χ1n) is 9.64. The van der Waals surface area contributed by atoms with Crippen LogP contribution in [0.4, 0.5) is 0 Å². The molecule has 4 fully saturated rings. The Kier molecular flexibility index (Phi) is 3.69. The number of aromatic nitrogens is 2. The van der Waals surface area contributed by atoms with Crippen LogP contribution in [-0.2, 0) is 5.41 Å². The third-order valence-corrected chi connectivity index (χ3v) is 6.60. The fourth-order valence-electron chi connectivity index (χ4n) is 5.91. The van der Waals surface area contributed by atoms with Crippen LogP contribution in [-0.4, -0.2) is 22.3 Å². The highest BCUT2D eigenvalue weighted by Crippen LogP contribution is 2.60. The monoisotopic (exact) mass is 348 g/mol. The number of nitrogens with zero attached hydrogens (tertiary/aromatic N) is 2. The molecule has 2 aromatic rings. The highest BCUT2D eigenvalue weighted by Gasteiger charge is 2.52. The Bertz CT molecular complexity index is 803. The quantitative estimate of drug-likeness (QED) is 0.654. The molecule has 134 valence electrons. The number of benzene rings is 1. The van der Waals surface area contributed by atoms with E-state index in [4.69, 9.17) is 0 Å². The smallest absolute Gasteiger partial charge is 0.281 e. The van der Waals surface area contributed by atoms with Gasteiger partial charge in [0.2, 0.25) is 0 Å². The second-order valence-corrected chi connectivity index (χ2v) is 8.47. The van der Waals surface area contributed by atoms with Gasteiger partial charge in [0, 0.05) is 11.1 Å². The van der Waals surface area contributed by atoms with Gasteiger partial charge < -0.3 is 0 Å². The fraction of sp³-hybridized carbons (Fsp3) is 0.476. The van der Waals surface area contributed by atoms with Crippen molar-refractivity contribution in [2.24, 2.45) is 22.9 Å². The van der Waals surface area contributed by atoms with Crippen LogP contribution < -0.4 is 5.43 Å². The van der Waals surface area contributed by atoms with E-state index in [1.54, 1.807) is 6.21 Å². The third kappa shape index (κ3) is 2.75. The Hall–Kier alpha value is -2.43. The second kappa shape index (κ2) is 6.08. The van der Waals surface area contributed by atoms with Gasteiger partial charge in [-0.25, -0.2) is 5.43 Å². The molecule has 4 bridgehead atoms. The lowest BCUT2D eigenvalue weighted by molar-refractivity contribution is -0.00721. The maximum atomic E-state index is 12.4. The lowest BCUT2D eigenvalue weighted by Gasteiger charge is -2.56. The molecule has 26 heavy (non-hydrogen) atoms. The molecule has 1 amide bonds. The van der Waals surface area contributed by atoms with Gasteiger partial charge in [-0.15, -0.1) is 0 Å². The molecule has 0 radical (unpaired) electrons. The first kappa shape index (κ1) is 15.8. The van der Waals surface area contributed by atoms with E-state index in [9.17, 15) is 4.79 Å². The van der Waals surface area contributed by atoms with Gasteiger partial charge in [0.1, 0.15) is 0 Å². The maximum Gasteiger partial charge on any atom is 0.291 e. The fourth-order valence-corrected chi connectivity index (χ4v) is 5.91. The van der Waals surface area contributed by atoms with Crippen LogP contribution in [0.25, 0.3) is 0 Å². The van der Waals surface area contributed by atoms with E-state index in [2.05, 4.69) is 20.7 Å². The summed E-state index contributed by atoms with van der Waals surface area (Å²) >= 11 is 0. The van der Waals surface area contributed by atoms with Crippen LogP contribution >= 0.6 is 0 Å². The number of rotatable bonds is 4. The number of amides is 1. The number of carbonyl (C=O) groups excluding carboxylic acids is 1. The standard InChI is InChI=1S/C21H24N4O/c26-20(25-22-13-14-4-2-1-3-5-14)18-9-19(24-23-18)21-10-15-6-16(11-21)8-17(7-15)12-21/h1-5,9,13,15-17H,6-8,10-12H2,(H,23,24)(H,25,26)/b22-13+. The van der Waals surface area contributed by atoms with Gasteiger partial charge in [0.25, 0.3) is 5.91 Å². The van der Waals surface area contributed by atoms with Crippen molar-refractivity contribution in [1.82, 2.24) is 15.6 Å². The van der Waals surface area contributed by atoms with E-state index < -0.39 is 0 Å². The van der Waals surface area contributed by atoms with Crippen molar-refractivity contribution >= 4 is 12.1 Å². The minimum Gasteiger partial charge on any atom is -0.281 e. The van der Waals surface area contributed by atoms with Crippen LogP contribution in [0.5, 0.6) is 0 Å². The SMILES string of the molecule is O=C(N/N=C/c1ccccc1)c1cc(C23CC4CC(CC(C4)C2)C3)[nH]n1. The third-order valence-electron chi connectivity index (χ3n) is 6.60. The number of aromatic amines is 1. The number of hydrogen-bond acceptors (Lipinski definition) is 3. The molecule has 0 spiro atoms. The molecular formula is C21H24N4O. The molecule has 0 aliphatic heterocycles. The predicted octanol–water partition coefficient (Wildman–Crippen LogP) is 3.64. The van der Waals surface area contributed by atoms with Crippen LogP contribution in [0.3, 0.4) is 0 Å². The highest BCUT2D eigenvalue weighted by molar-refractivity contribution is 5.93. The van der Waals surface area contributed by atoms with Gasteiger partial charge in [0.15, 0.2) is 5.69 Å². The van der Waals surface area contributed by atoms with Crippen molar-refractivity contribution in [2.45, 2.75) is 43.9 Å². The molecule has 1 heterocycles. The molecule has 0 atom stereocenters. The average Bonchev–Trinajstić information content (AvgIpc) is 3.13. The molecule has 1 aromatic carbocycles. The van der Waals surface area contributed by atoms with Crippen LogP contribution in [0.1, 0.15) is 60.3 Å². The normalized spacial score (nSPS) is 32.2. The van der Waals surface area contributed by atoms with Crippen molar-refractivity contribution in [1.29, 1.82) is 0 Å². The van der Waals surface area contributed by atoms with Gasteiger partial charge in [-0.3, -0.25) is 9.89 Å². The van der Waals surface area contributed by atoms with Crippen LogP contribution in [0.2, 0.25) is 0 Å². The lowest BCUT2D eigenvalue weighted by atomic mass is 9.49. The van der Waals surface area contributed by atoms with Crippen LogP contribution in [0, 0.1) is 17.8 Å². The summed E-state index contributed by atoms with van der Waals surface area (Å²) in [6.45, 7) is 0. The van der Waals surface area contributed by atoms with Gasteiger partial charge >= 0.3 is 0 Å². The Morgan fingerprint density at radius 3 is 2.42 bits per heavy atom. The van der Waals surface area contributed by atoms with Crippen molar-refractivity contribution < 1.29 is 4.79 Å². The number of hydrazone groups is 1. The van der Waals surface area contributed by atoms with Crippen molar-refractivity contribution in [2.75, 3.05) is 0 Å². The zero-order chi connectivity index (χ0) is 17.6. The van der Waals surface area contributed by atoms with Gasteiger partial charge in [-0.1, -0.05) is 30.3 Å². The molecule has 2 N–H and O–H groups in total. The molecule has 0 saturated heterocycles. The summed E-state index contributed by atoms with van der Waals surface area (Å²) in [5.74, 6) is 2.36. The van der Waals surface area contributed by atoms with Gasteiger partial charge in [-0.05, 0) is 67.9 Å². The van der Waals surface area contributed by atoms with Gasteiger partial charge in [-0.2, -0.15) is 10.2 Å². The summed E-state index contributed by atoms with van der Waals surface area (Å²) in [5, 5.41) is 11.5. The molecule has 4 saturated carbocycles. The molecule has 1 aromatic heterocycles. The first-order chi connectivity index (χ1) is 12.7. The summed E-state index contributed by atoms with van der Waals surface area (Å²) in [7, 11) is 0. The largest absolute Gasteiger partial charge is 0.291 e. The van der Waals surface area contributed by atoms with E-state index in [1.165, 1.54) is 38.5 Å². The number of H-pyrrole nitrogens is 1. The summed E-state index contributed by atoms with van der Waals surface area (Å²) in [5.41, 5.74) is 5.35. The molecule has 4 aliphatic rings. The minimum atomic E-state index is -0.260. The van der Waals surface area contributed by atoms with E-state index in [1.807, 2.05) is 36.4 Å². The Balaban J connectivity index is 1.29. The Morgan fingerprint density at radius 1 is 1.12 bits per heavy atom. The van der Waals surface area contributed by atoms with E-state index >= 15 is 0 Å². The molecule has 4 aliphatic carbocycles. The van der Waals surface area contributed by atoms with Crippen molar-refractivity contribution in [3.63, 3.8) is 0 Å². The average molecular weight is 348 g/mol. The van der Waals surface area contributed by atoms with E-state index in [0.717, 1.165) is 29.0 Å². The summed E-state index contributed by atoms with van der Waals surface area (Å²) in [6, 6.07) is 11.7. The molecule has 5 heteroatoms. The predicted molar refractivity (Wildman–Crippen MR) is 99.9 cm³/mol. The lowest BCUT2D eigenvalue weighted by Crippen LogP contribution is -2.48. The zero-order valence-corrected chi connectivity index (χ0v) is 14.8. The highest BCUT2D eigenvalue weighted by atomic mass is 16.2. The first-order valence-corrected chi connectivity index (χ1v) is 9.64. The number of carbonyl (C=O) groups is 1.